The average Bonchev–Trinajstić information content (AvgIpc) is 2.94. The Bertz CT molecular complexity index is 1270. The molecule has 0 aromatic heterocycles. The number of rotatable bonds is 7. The molecule has 0 amide bonds. The largest absolute Gasteiger partial charge is 0.463 e. The van der Waals surface area contributed by atoms with Gasteiger partial charge < -0.3 is 9.47 Å². The molecule has 0 radical (unpaired) electrons. The third kappa shape index (κ3) is 6.03. The van der Waals surface area contributed by atoms with E-state index in [4.69, 9.17) is 9.47 Å². The van der Waals surface area contributed by atoms with E-state index in [1.165, 1.54) is 29.2 Å². The van der Waals surface area contributed by atoms with Gasteiger partial charge in [0, 0.05) is 23.2 Å². The lowest BCUT2D eigenvalue weighted by atomic mass is 9.75. The lowest BCUT2D eigenvalue weighted by Crippen LogP contribution is -2.32. The summed E-state index contributed by atoms with van der Waals surface area (Å²) in [5.74, 6) is 0.00800. The van der Waals surface area contributed by atoms with E-state index in [0.29, 0.717) is 0 Å². The van der Waals surface area contributed by atoms with Gasteiger partial charge in [0.05, 0.1) is 12.2 Å². The van der Waals surface area contributed by atoms with Crippen LogP contribution in [0.5, 0.6) is 0 Å². The standard InChI is InChI=1S/C33H31BrO3/c1-23(35)36-22-28-20-21-31(33(37-28)26-16-18-27(34)19-17-26)29-14-8-9-15-30(29)32(24-10-4-2-5-11-24)25-12-6-3-7-13-25/h2-19,28,31-33H,20-22H2,1H3/t28-,31+,33-/m1/s1. The summed E-state index contributed by atoms with van der Waals surface area (Å²) in [6, 6.07) is 38.6. The normalized spacial score (nSPS) is 19.5. The first-order valence-electron chi connectivity index (χ1n) is 12.8. The zero-order valence-corrected chi connectivity index (χ0v) is 22.5. The molecule has 4 heteroatoms. The highest BCUT2D eigenvalue weighted by Crippen LogP contribution is 2.47. The Morgan fingerprint density at radius 1 is 0.838 bits per heavy atom. The van der Waals surface area contributed by atoms with Crippen LogP contribution in [0.25, 0.3) is 0 Å². The highest BCUT2D eigenvalue weighted by Gasteiger charge is 2.36. The van der Waals surface area contributed by atoms with E-state index in [1.54, 1.807) is 0 Å². The predicted octanol–water partition coefficient (Wildman–Crippen LogP) is 8.20. The van der Waals surface area contributed by atoms with E-state index in [-0.39, 0.29) is 36.6 Å². The zero-order chi connectivity index (χ0) is 25.6. The van der Waals surface area contributed by atoms with Gasteiger partial charge in [-0.2, -0.15) is 0 Å². The van der Waals surface area contributed by atoms with Gasteiger partial charge in [0.15, 0.2) is 0 Å². The molecule has 1 aliphatic heterocycles. The van der Waals surface area contributed by atoms with Gasteiger partial charge in [0.25, 0.3) is 0 Å². The van der Waals surface area contributed by atoms with Crippen LogP contribution in [0.15, 0.2) is 114 Å². The molecule has 4 aromatic rings. The lowest BCUT2D eigenvalue weighted by molar-refractivity contribution is -0.151. The Morgan fingerprint density at radius 2 is 1.43 bits per heavy atom. The molecule has 0 unspecified atom stereocenters. The summed E-state index contributed by atoms with van der Waals surface area (Å²) in [7, 11) is 0. The molecule has 1 saturated heterocycles. The maximum absolute atomic E-state index is 11.5. The van der Waals surface area contributed by atoms with Gasteiger partial charge in [0.2, 0.25) is 0 Å². The molecule has 4 aromatic carbocycles. The summed E-state index contributed by atoms with van der Waals surface area (Å²) in [6.07, 6.45) is 1.51. The van der Waals surface area contributed by atoms with E-state index >= 15 is 0 Å². The minimum atomic E-state index is -0.273. The predicted molar refractivity (Wildman–Crippen MR) is 151 cm³/mol. The summed E-state index contributed by atoms with van der Waals surface area (Å²) in [6.45, 7) is 1.73. The van der Waals surface area contributed by atoms with Crippen LogP contribution in [0, 0.1) is 0 Å². The van der Waals surface area contributed by atoms with Crippen LogP contribution in [0.4, 0.5) is 0 Å². The molecule has 5 rings (SSSR count). The van der Waals surface area contributed by atoms with Crippen LogP contribution >= 0.6 is 15.9 Å². The van der Waals surface area contributed by atoms with Crippen molar-refractivity contribution in [2.45, 2.75) is 43.8 Å². The zero-order valence-electron chi connectivity index (χ0n) is 20.9. The van der Waals surface area contributed by atoms with Crippen molar-refractivity contribution in [3.63, 3.8) is 0 Å². The number of halogens is 1. The molecule has 0 aliphatic carbocycles. The molecule has 37 heavy (non-hydrogen) atoms. The number of esters is 1. The second-order valence-corrected chi connectivity index (χ2v) is 10.5. The molecular weight excluding hydrogens is 524 g/mol. The highest BCUT2D eigenvalue weighted by molar-refractivity contribution is 9.10. The van der Waals surface area contributed by atoms with Crippen molar-refractivity contribution in [3.8, 4) is 0 Å². The van der Waals surface area contributed by atoms with Crippen LogP contribution in [0.2, 0.25) is 0 Å². The molecule has 1 aliphatic rings. The first-order valence-corrected chi connectivity index (χ1v) is 13.6. The Labute approximate surface area is 227 Å². The molecule has 0 N–H and O–H groups in total. The van der Waals surface area contributed by atoms with E-state index < -0.39 is 0 Å². The number of carbonyl (C=O) groups is 1. The first-order chi connectivity index (χ1) is 18.1. The van der Waals surface area contributed by atoms with Crippen molar-refractivity contribution in [1.82, 2.24) is 0 Å². The molecule has 0 spiro atoms. The Kier molecular flexibility index (Phi) is 8.18. The Balaban J connectivity index is 1.57. The van der Waals surface area contributed by atoms with E-state index in [2.05, 4.69) is 125 Å². The molecule has 0 saturated carbocycles. The van der Waals surface area contributed by atoms with Gasteiger partial charge in [-0.05, 0) is 52.8 Å². The van der Waals surface area contributed by atoms with Crippen LogP contribution in [0.1, 0.15) is 65.5 Å². The van der Waals surface area contributed by atoms with Crippen molar-refractivity contribution >= 4 is 21.9 Å². The maximum Gasteiger partial charge on any atom is 0.302 e. The molecule has 1 fully saturated rings. The van der Waals surface area contributed by atoms with E-state index in [0.717, 1.165) is 22.9 Å². The Morgan fingerprint density at radius 3 is 2.05 bits per heavy atom. The van der Waals surface area contributed by atoms with Crippen molar-refractivity contribution in [2.24, 2.45) is 0 Å². The van der Waals surface area contributed by atoms with Crippen LogP contribution in [-0.2, 0) is 14.3 Å². The fourth-order valence-corrected chi connectivity index (χ4v) is 5.72. The van der Waals surface area contributed by atoms with Gasteiger partial charge in [-0.25, -0.2) is 0 Å². The van der Waals surface area contributed by atoms with Gasteiger partial charge >= 0.3 is 5.97 Å². The summed E-state index contributed by atoms with van der Waals surface area (Å²) in [4.78, 5) is 11.5. The smallest absolute Gasteiger partial charge is 0.302 e. The minimum absolute atomic E-state index is 0.114. The molecule has 3 nitrogen and oxygen atoms in total. The van der Waals surface area contributed by atoms with Crippen molar-refractivity contribution < 1.29 is 14.3 Å². The number of hydrogen-bond acceptors (Lipinski definition) is 3. The molecule has 3 atom stereocenters. The highest BCUT2D eigenvalue weighted by atomic mass is 79.9. The summed E-state index contributed by atoms with van der Waals surface area (Å²) < 4.78 is 13.1. The SMILES string of the molecule is CC(=O)OC[C@H]1CC[C@@H](c2ccccc2C(c2ccccc2)c2ccccc2)[C@@H](c2ccc(Br)cc2)O1. The number of ether oxygens (including phenoxy) is 2. The van der Waals surface area contributed by atoms with Gasteiger partial charge in [0.1, 0.15) is 6.61 Å². The van der Waals surface area contributed by atoms with Gasteiger partial charge in [-0.3, -0.25) is 4.79 Å². The Hall–Kier alpha value is -3.21. The third-order valence-electron chi connectivity index (χ3n) is 7.15. The monoisotopic (exact) mass is 554 g/mol. The molecule has 1 heterocycles. The summed E-state index contributed by atoms with van der Waals surface area (Å²) in [5.41, 5.74) is 6.27. The molecule has 188 valence electrons. The second kappa shape index (κ2) is 11.9. The summed E-state index contributed by atoms with van der Waals surface area (Å²) >= 11 is 3.57. The van der Waals surface area contributed by atoms with Crippen LogP contribution < -0.4 is 0 Å². The van der Waals surface area contributed by atoms with Crippen molar-refractivity contribution in [1.29, 1.82) is 0 Å². The maximum atomic E-state index is 11.5. The first kappa shape index (κ1) is 25.4. The van der Waals surface area contributed by atoms with Gasteiger partial charge in [-0.15, -0.1) is 0 Å². The minimum Gasteiger partial charge on any atom is -0.463 e. The quantitative estimate of drug-likeness (QED) is 0.170. The fraction of sp³-hybridized carbons (Fsp3) is 0.242. The van der Waals surface area contributed by atoms with Gasteiger partial charge in [-0.1, -0.05) is 113 Å². The van der Waals surface area contributed by atoms with Crippen LogP contribution in [-0.4, -0.2) is 18.7 Å². The molecular formula is C33H31BrO3. The average molecular weight is 556 g/mol. The van der Waals surface area contributed by atoms with E-state index in [1.807, 2.05) is 0 Å². The topological polar surface area (TPSA) is 35.5 Å². The van der Waals surface area contributed by atoms with Crippen molar-refractivity contribution in [2.75, 3.05) is 6.61 Å². The fourth-order valence-electron chi connectivity index (χ4n) is 5.46. The van der Waals surface area contributed by atoms with Crippen molar-refractivity contribution in [3.05, 3.63) is 141 Å². The number of hydrogen-bond donors (Lipinski definition) is 0. The molecule has 0 bridgehead atoms. The van der Waals surface area contributed by atoms with E-state index in [9.17, 15) is 4.79 Å². The number of benzene rings is 4. The lowest BCUT2D eigenvalue weighted by Gasteiger charge is -2.38. The number of carbonyl (C=O) groups excluding carboxylic acids is 1. The third-order valence-corrected chi connectivity index (χ3v) is 7.68. The van der Waals surface area contributed by atoms with Crippen LogP contribution in [0.3, 0.4) is 0 Å². The second-order valence-electron chi connectivity index (χ2n) is 9.60. The summed E-state index contributed by atoms with van der Waals surface area (Å²) in [5, 5.41) is 0.